The van der Waals surface area contributed by atoms with Crippen molar-refractivity contribution < 1.29 is 19.2 Å². The van der Waals surface area contributed by atoms with Crippen LogP contribution >= 0.6 is 0 Å². The third-order valence-corrected chi connectivity index (χ3v) is 5.22. The number of carbonyl (C=O) groups excluding carboxylic acids is 1. The summed E-state index contributed by atoms with van der Waals surface area (Å²) in [4.78, 5) is 27.9. The molecule has 30 heavy (non-hydrogen) atoms. The molecule has 0 radical (unpaired) electrons. The van der Waals surface area contributed by atoms with Gasteiger partial charge in [-0.15, -0.1) is 0 Å². The summed E-state index contributed by atoms with van der Waals surface area (Å²) in [6.07, 6.45) is 4.19. The number of hydrogen-bond acceptors (Lipinski definition) is 6. The van der Waals surface area contributed by atoms with Crippen molar-refractivity contribution in [3.8, 4) is 11.5 Å². The zero-order chi connectivity index (χ0) is 20.9. The zero-order valence-corrected chi connectivity index (χ0v) is 16.5. The molecule has 0 aliphatic carbocycles. The summed E-state index contributed by atoms with van der Waals surface area (Å²) in [5, 5.41) is 11.5. The van der Waals surface area contributed by atoms with E-state index in [9.17, 15) is 14.9 Å². The minimum Gasteiger partial charge on any atom is -0.486 e. The standard InChI is InChI=1S/C22H23N3O5/c26-22(18-15-20-21(30-14-13-29-20)16-19(18)25(27)28)24-11-9-23(10-12-24)8-4-7-17-5-2-1-3-6-17/h1-7,15-16H,8-14H2/b7-4+. The molecule has 0 unspecified atom stereocenters. The summed E-state index contributed by atoms with van der Waals surface area (Å²) < 4.78 is 10.9. The molecule has 1 amide bonds. The molecule has 2 aromatic carbocycles. The van der Waals surface area contributed by atoms with Crippen molar-refractivity contribution in [2.24, 2.45) is 0 Å². The average molecular weight is 409 g/mol. The van der Waals surface area contributed by atoms with Crippen LogP contribution in [0, 0.1) is 10.1 Å². The van der Waals surface area contributed by atoms with Gasteiger partial charge in [0.15, 0.2) is 11.5 Å². The van der Waals surface area contributed by atoms with Crippen LogP contribution in [0.1, 0.15) is 15.9 Å². The summed E-state index contributed by atoms with van der Waals surface area (Å²) >= 11 is 0. The molecular weight excluding hydrogens is 386 g/mol. The van der Waals surface area contributed by atoms with Gasteiger partial charge in [-0.05, 0) is 5.56 Å². The summed E-state index contributed by atoms with van der Waals surface area (Å²) in [6, 6.07) is 12.8. The van der Waals surface area contributed by atoms with Crippen molar-refractivity contribution in [1.82, 2.24) is 9.80 Å². The van der Waals surface area contributed by atoms with Gasteiger partial charge in [-0.2, -0.15) is 0 Å². The fourth-order valence-electron chi connectivity index (χ4n) is 3.61. The van der Waals surface area contributed by atoms with Crippen LogP contribution in [0.15, 0.2) is 48.5 Å². The van der Waals surface area contributed by atoms with Crippen LogP contribution in [0.5, 0.6) is 11.5 Å². The Balaban J connectivity index is 1.39. The second-order valence-corrected chi connectivity index (χ2v) is 7.18. The molecule has 2 aromatic rings. The summed E-state index contributed by atoms with van der Waals surface area (Å²) in [5.41, 5.74) is 0.941. The summed E-state index contributed by atoms with van der Waals surface area (Å²) in [5.74, 6) is 0.331. The second-order valence-electron chi connectivity index (χ2n) is 7.18. The first kappa shape index (κ1) is 19.9. The van der Waals surface area contributed by atoms with Crippen LogP contribution in [0.3, 0.4) is 0 Å². The molecule has 0 aromatic heterocycles. The quantitative estimate of drug-likeness (QED) is 0.558. The predicted octanol–water partition coefficient (Wildman–Crippen LogP) is 2.84. The number of rotatable bonds is 5. The Hall–Kier alpha value is -3.39. The Kier molecular flexibility index (Phi) is 5.94. The van der Waals surface area contributed by atoms with Crippen molar-refractivity contribution >= 4 is 17.7 Å². The first-order valence-electron chi connectivity index (χ1n) is 9.93. The van der Waals surface area contributed by atoms with Crippen molar-refractivity contribution in [3.63, 3.8) is 0 Å². The van der Waals surface area contributed by atoms with Gasteiger partial charge in [0.1, 0.15) is 18.8 Å². The molecule has 4 rings (SSSR count). The SMILES string of the molecule is O=C(c1cc2c(cc1[N+](=O)[O-])OCCO2)N1CCN(C/C=C/c2ccccc2)CC1. The van der Waals surface area contributed by atoms with Gasteiger partial charge in [0, 0.05) is 38.8 Å². The van der Waals surface area contributed by atoms with E-state index in [0.29, 0.717) is 50.9 Å². The minimum absolute atomic E-state index is 0.0432. The van der Waals surface area contributed by atoms with Crippen LogP contribution < -0.4 is 9.47 Å². The molecule has 156 valence electrons. The van der Waals surface area contributed by atoms with Gasteiger partial charge in [-0.1, -0.05) is 42.5 Å². The molecule has 0 spiro atoms. The Morgan fingerprint density at radius 2 is 1.70 bits per heavy atom. The molecule has 2 aliphatic rings. The molecule has 1 fully saturated rings. The predicted molar refractivity (Wildman–Crippen MR) is 112 cm³/mol. The first-order valence-corrected chi connectivity index (χ1v) is 9.93. The van der Waals surface area contributed by atoms with E-state index in [2.05, 4.69) is 17.1 Å². The number of hydrogen-bond donors (Lipinski definition) is 0. The number of piperazine rings is 1. The van der Waals surface area contributed by atoms with Gasteiger partial charge in [0.25, 0.3) is 11.6 Å². The fraction of sp³-hybridized carbons (Fsp3) is 0.318. The topological polar surface area (TPSA) is 85.1 Å². The Labute approximate surface area is 174 Å². The maximum atomic E-state index is 13.0. The number of nitro benzene ring substituents is 1. The second kappa shape index (κ2) is 8.96. The Bertz CT molecular complexity index is 953. The summed E-state index contributed by atoms with van der Waals surface area (Å²) in [7, 11) is 0. The number of carbonyl (C=O) groups is 1. The van der Waals surface area contributed by atoms with E-state index in [1.54, 1.807) is 4.90 Å². The number of fused-ring (bicyclic) bond motifs is 1. The van der Waals surface area contributed by atoms with E-state index in [-0.39, 0.29) is 17.2 Å². The van der Waals surface area contributed by atoms with Crippen molar-refractivity contribution in [3.05, 3.63) is 69.8 Å². The van der Waals surface area contributed by atoms with Gasteiger partial charge in [-0.25, -0.2) is 0 Å². The van der Waals surface area contributed by atoms with Gasteiger partial charge < -0.3 is 14.4 Å². The lowest BCUT2D eigenvalue weighted by Crippen LogP contribution is -2.48. The number of nitrogens with zero attached hydrogens (tertiary/aromatic N) is 3. The van der Waals surface area contributed by atoms with Crippen molar-refractivity contribution in [1.29, 1.82) is 0 Å². The van der Waals surface area contributed by atoms with E-state index < -0.39 is 4.92 Å². The molecule has 2 heterocycles. The van der Waals surface area contributed by atoms with Gasteiger partial charge in [0.05, 0.1) is 11.0 Å². The lowest BCUT2D eigenvalue weighted by molar-refractivity contribution is -0.385. The molecule has 8 nitrogen and oxygen atoms in total. The normalized spacial score (nSPS) is 16.6. The van der Waals surface area contributed by atoms with Gasteiger partial charge in [-0.3, -0.25) is 19.8 Å². The van der Waals surface area contributed by atoms with E-state index in [4.69, 9.17) is 9.47 Å². The maximum Gasteiger partial charge on any atom is 0.286 e. The number of nitro groups is 1. The number of ether oxygens (including phenoxy) is 2. The van der Waals surface area contributed by atoms with Crippen LogP contribution in [0.25, 0.3) is 6.08 Å². The molecule has 1 saturated heterocycles. The Morgan fingerprint density at radius 3 is 2.37 bits per heavy atom. The third-order valence-electron chi connectivity index (χ3n) is 5.22. The molecule has 0 atom stereocenters. The van der Waals surface area contributed by atoms with Crippen LogP contribution in [0.4, 0.5) is 5.69 Å². The van der Waals surface area contributed by atoms with Crippen molar-refractivity contribution in [2.45, 2.75) is 0 Å². The molecule has 2 aliphatic heterocycles. The van der Waals surface area contributed by atoms with E-state index in [1.165, 1.54) is 12.1 Å². The van der Waals surface area contributed by atoms with E-state index >= 15 is 0 Å². The van der Waals surface area contributed by atoms with Crippen molar-refractivity contribution in [2.75, 3.05) is 45.9 Å². The Morgan fingerprint density at radius 1 is 1.03 bits per heavy atom. The van der Waals surface area contributed by atoms with Crippen LogP contribution in [-0.2, 0) is 0 Å². The first-order chi connectivity index (χ1) is 14.6. The smallest absolute Gasteiger partial charge is 0.286 e. The third kappa shape index (κ3) is 4.44. The van der Waals surface area contributed by atoms with Crippen LogP contribution in [0.2, 0.25) is 0 Å². The monoisotopic (exact) mass is 409 g/mol. The highest BCUT2D eigenvalue weighted by molar-refractivity contribution is 5.99. The van der Waals surface area contributed by atoms with Gasteiger partial charge >= 0.3 is 0 Å². The average Bonchev–Trinajstić information content (AvgIpc) is 2.79. The van der Waals surface area contributed by atoms with Gasteiger partial charge in [0.2, 0.25) is 0 Å². The van der Waals surface area contributed by atoms with Crippen LogP contribution in [-0.4, -0.2) is 66.6 Å². The largest absolute Gasteiger partial charge is 0.486 e. The molecule has 0 saturated carbocycles. The molecule has 0 bridgehead atoms. The molecular formula is C22H23N3O5. The summed E-state index contributed by atoms with van der Waals surface area (Å²) in [6.45, 7) is 3.94. The lowest BCUT2D eigenvalue weighted by atomic mass is 10.1. The van der Waals surface area contributed by atoms with E-state index in [1.807, 2.05) is 30.3 Å². The highest BCUT2D eigenvalue weighted by Crippen LogP contribution is 2.37. The highest BCUT2D eigenvalue weighted by Gasteiger charge is 2.30. The highest BCUT2D eigenvalue weighted by atomic mass is 16.6. The molecule has 0 N–H and O–H groups in total. The number of amides is 1. The minimum atomic E-state index is -0.546. The zero-order valence-electron chi connectivity index (χ0n) is 16.5. The fourth-order valence-corrected chi connectivity index (χ4v) is 3.61. The van der Waals surface area contributed by atoms with E-state index in [0.717, 1.165) is 12.1 Å². The number of benzene rings is 2. The molecule has 8 heteroatoms. The lowest BCUT2D eigenvalue weighted by Gasteiger charge is -2.34. The maximum absolute atomic E-state index is 13.0.